The van der Waals surface area contributed by atoms with Gasteiger partial charge in [0.15, 0.2) is 0 Å². The Morgan fingerprint density at radius 1 is 1.25 bits per heavy atom. The Hall–Kier alpha value is -1.74. The van der Waals surface area contributed by atoms with Gasteiger partial charge in [0.2, 0.25) is 0 Å². The summed E-state index contributed by atoms with van der Waals surface area (Å²) in [5.74, 6) is -1.89. The van der Waals surface area contributed by atoms with Gasteiger partial charge in [-0.15, -0.1) is 0 Å². The monoisotopic (exact) mass is 363 g/mol. The van der Waals surface area contributed by atoms with Crippen LogP contribution in [0.25, 0.3) is 0 Å². The summed E-state index contributed by atoms with van der Waals surface area (Å²) < 4.78 is 52.7. The fourth-order valence-corrected chi connectivity index (χ4v) is 2.89. The summed E-state index contributed by atoms with van der Waals surface area (Å²) in [4.78, 5) is 3.35. The molecule has 0 unspecified atom stereocenters. The van der Waals surface area contributed by atoms with Crippen LogP contribution < -0.4 is 10.5 Å². The molecule has 0 atom stereocenters. The number of sulfonamides is 1. The lowest BCUT2D eigenvalue weighted by molar-refractivity contribution is 0.579. The molecule has 106 valence electrons. The van der Waals surface area contributed by atoms with Crippen molar-refractivity contribution in [3.63, 3.8) is 0 Å². The Kier molecular flexibility index (Phi) is 3.91. The smallest absolute Gasteiger partial charge is 0.265 e. The number of rotatable bonds is 3. The lowest BCUT2D eigenvalue weighted by atomic mass is 10.3. The van der Waals surface area contributed by atoms with Crippen molar-refractivity contribution in [2.45, 2.75) is 4.90 Å². The van der Waals surface area contributed by atoms with Crippen LogP contribution in [0.15, 0.2) is 40.0 Å². The van der Waals surface area contributed by atoms with Crippen molar-refractivity contribution in [2.75, 3.05) is 10.5 Å². The zero-order chi connectivity index (χ0) is 14.9. The number of nitrogens with zero attached hydrogens (tertiary/aromatic N) is 1. The summed E-state index contributed by atoms with van der Waals surface area (Å²) in [5.41, 5.74) is 5.10. The van der Waals surface area contributed by atoms with Gasteiger partial charge in [-0.3, -0.25) is 9.71 Å². The number of nitrogens with one attached hydrogen (secondary N) is 1. The minimum atomic E-state index is -4.12. The Labute approximate surface area is 122 Å². The number of hydrogen-bond acceptors (Lipinski definition) is 4. The van der Waals surface area contributed by atoms with E-state index in [1.165, 1.54) is 12.3 Å². The summed E-state index contributed by atoms with van der Waals surface area (Å²) in [6.45, 7) is 0. The first-order valence-corrected chi connectivity index (χ1v) is 7.46. The third-order valence-corrected chi connectivity index (χ3v) is 4.38. The molecule has 1 aromatic heterocycles. The number of nitrogen functional groups attached to an aromatic ring is 1. The van der Waals surface area contributed by atoms with Gasteiger partial charge in [-0.2, -0.15) is 0 Å². The van der Waals surface area contributed by atoms with Crippen LogP contribution >= 0.6 is 15.9 Å². The third-order valence-electron chi connectivity index (χ3n) is 2.36. The molecule has 0 aliphatic carbocycles. The molecule has 3 N–H and O–H groups in total. The zero-order valence-corrected chi connectivity index (χ0v) is 12.2. The van der Waals surface area contributed by atoms with E-state index < -0.39 is 27.3 Å². The summed E-state index contributed by atoms with van der Waals surface area (Å²) >= 11 is 2.84. The molecular weight excluding hydrogens is 356 g/mol. The molecular formula is C11H8BrF2N3O2S. The van der Waals surface area contributed by atoms with Gasteiger partial charge in [0.25, 0.3) is 10.0 Å². The molecule has 0 bridgehead atoms. The van der Waals surface area contributed by atoms with Crippen LogP contribution in [0.5, 0.6) is 0 Å². The normalized spacial score (nSPS) is 11.3. The molecule has 1 aromatic carbocycles. The zero-order valence-electron chi connectivity index (χ0n) is 9.77. The molecule has 0 aliphatic rings. The highest BCUT2D eigenvalue weighted by Gasteiger charge is 2.20. The quantitative estimate of drug-likeness (QED) is 0.820. The fraction of sp³-hybridized carbons (Fsp3) is 0. The van der Waals surface area contributed by atoms with E-state index in [0.29, 0.717) is 6.07 Å². The molecule has 1 heterocycles. The number of anilines is 2. The van der Waals surface area contributed by atoms with E-state index in [0.717, 1.165) is 12.3 Å². The van der Waals surface area contributed by atoms with Gasteiger partial charge in [-0.25, -0.2) is 17.2 Å². The van der Waals surface area contributed by atoms with E-state index in [1.54, 1.807) is 0 Å². The second-order valence-electron chi connectivity index (χ2n) is 3.77. The molecule has 0 saturated carbocycles. The highest BCUT2D eigenvalue weighted by atomic mass is 79.9. The first-order valence-electron chi connectivity index (χ1n) is 5.18. The van der Waals surface area contributed by atoms with E-state index in [2.05, 4.69) is 20.9 Å². The maximum Gasteiger partial charge on any atom is 0.265 e. The summed E-state index contributed by atoms with van der Waals surface area (Å²) in [6, 6.07) is 2.84. The molecule has 20 heavy (non-hydrogen) atoms. The SMILES string of the molecule is Nc1ccncc1S(=O)(=O)Nc1cc(Br)c(F)cc1F. The summed E-state index contributed by atoms with van der Waals surface area (Å²) in [5, 5.41) is 0. The second kappa shape index (κ2) is 5.33. The number of pyridine rings is 1. The Balaban J connectivity index is 2.44. The van der Waals surface area contributed by atoms with Crippen LogP contribution in [0.4, 0.5) is 20.2 Å². The minimum absolute atomic E-state index is 0.0333. The maximum absolute atomic E-state index is 13.5. The first-order chi connectivity index (χ1) is 9.31. The van der Waals surface area contributed by atoms with Crippen molar-refractivity contribution in [1.82, 2.24) is 4.98 Å². The molecule has 0 fully saturated rings. The molecule has 9 heteroatoms. The lowest BCUT2D eigenvalue weighted by Gasteiger charge is -2.10. The van der Waals surface area contributed by atoms with Crippen LogP contribution in [-0.4, -0.2) is 13.4 Å². The van der Waals surface area contributed by atoms with E-state index >= 15 is 0 Å². The van der Waals surface area contributed by atoms with Crippen LogP contribution in [0.2, 0.25) is 0 Å². The van der Waals surface area contributed by atoms with Crippen molar-refractivity contribution in [3.8, 4) is 0 Å². The number of halogens is 3. The largest absolute Gasteiger partial charge is 0.398 e. The Bertz CT molecular complexity index is 768. The average Bonchev–Trinajstić information content (AvgIpc) is 2.36. The highest BCUT2D eigenvalue weighted by molar-refractivity contribution is 9.10. The predicted molar refractivity (Wildman–Crippen MR) is 73.5 cm³/mol. The van der Waals surface area contributed by atoms with E-state index in [-0.39, 0.29) is 15.1 Å². The van der Waals surface area contributed by atoms with Gasteiger partial charge in [0, 0.05) is 18.5 Å². The molecule has 0 saturated heterocycles. The minimum Gasteiger partial charge on any atom is -0.398 e. The number of aromatic nitrogens is 1. The van der Waals surface area contributed by atoms with E-state index in [1.807, 2.05) is 4.72 Å². The molecule has 0 radical (unpaired) electrons. The maximum atomic E-state index is 13.5. The van der Waals surface area contributed by atoms with Crippen LogP contribution in [-0.2, 0) is 10.0 Å². The molecule has 0 spiro atoms. The molecule has 5 nitrogen and oxygen atoms in total. The van der Waals surface area contributed by atoms with Crippen LogP contribution in [0.1, 0.15) is 0 Å². The van der Waals surface area contributed by atoms with E-state index in [9.17, 15) is 17.2 Å². The van der Waals surface area contributed by atoms with Crippen LogP contribution in [0, 0.1) is 11.6 Å². The van der Waals surface area contributed by atoms with Crippen molar-refractivity contribution >= 4 is 37.3 Å². The van der Waals surface area contributed by atoms with Gasteiger partial charge < -0.3 is 5.73 Å². The number of nitrogens with two attached hydrogens (primary N) is 1. The molecule has 0 aliphatic heterocycles. The van der Waals surface area contributed by atoms with Crippen molar-refractivity contribution in [1.29, 1.82) is 0 Å². The third kappa shape index (κ3) is 2.88. The van der Waals surface area contributed by atoms with Crippen molar-refractivity contribution in [3.05, 3.63) is 46.7 Å². The predicted octanol–water partition coefficient (Wildman–Crippen LogP) is 2.51. The number of benzene rings is 1. The van der Waals surface area contributed by atoms with Gasteiger partial charge >= 0.3 is 0 Å². The molecule has 2 aromatic rings. The van der Waals surface area contributed by atoms with E-state index in [4.69, 9.17) is 5.73 Å². The molecule has 2 rings (SSSR count). The first kappa shape index (κ1) is 14.7. The standard InChI is InChI=1S/C11H8BrF2N3O2S/c12-6-3-10(8(14)4-7(6)13)17-20(18,19)11-5-16-2-1-9(11)15/h1-5,17H,(H2,15,16). The van der Waals surface area contributed by atoms with Crippen LogP contribution in [0.3, 0.4) is 0 Å². The Morgan fingerprint density at radius 2 is 1.95 bits per heavy atom. The van der Waals surface area contributed by atoms with Crippen molar-refractivity contribution in [2.24, 2.45) is 0 Å². The average molecular weight is 364 g/mol. The summed E-state index contributed by atoms with van der Waals surface area (Å²) in [7, 11) is -4.12. The number of hydrogen-bond donors (Lipinski definition) is 2. The topological polar surface area (TPSA) is 85.1 Å². The second-order valence-corrected chi connectivity index (χ2v) is 6.27. The highest BCUT2D eigenvalue weighted by Crippen LogP contribution is 2.26. The van der Waals surface area contributed by atoms with Gasteiger partial charge in [-0.1, -0.05) is 0 Å². The lowest BCUT2D eigenvalue weighted by Crippen LogP contribution is -2.16. The fourth-order valence-electron chi connectivity index (χ4n) is 1.42. The van der Waals surface area contributed by atoms with Gasteiger partial charge in [0.05, 0.1) is 15.8 Å². The van der Waals surface area contributed by atoms with Gasteiger partial charge in [-0.05, 0) is 28.1 Å². The van der Waals surface area contributed by atoms with Gasteiger partial charge in [0.1, 0.15) is 16.5 Å². The van der Waals surface area contributed by atoms with Crippen molar-refractivity contribution < 1.29 is 17.2 Å². The Morgan fingerprint density at radius 3 is 2.60 bits per heavy atom. The summed E-state index contributed by atoms with van der Waals surface area (Å²) in [6.07, 6.45) is 2.36. The molecule has 0 amide bonds.